The first-order valence-corrected chi connectivity index (χ1v) is 13.1. The number of benzene rings is 1. The third-order valence-electron chi connectivity index (χ3n) is 6.29. The number of carbonyl (C=O) groups excluding carboxylic acids is 1. The Labute approximate surface area is 204 Å². The number of piperidine rings is 1. The van der Waals surface area contributed by atoms with Gasteiger partial charge in [-0.25, -0.2) is 18.1 Å². The number of carbonyl (C=O) groups is 1. The second-order valence-electron chi connectivity index (χ2n) is 8.99. The van der Waals surface area contributed by atoms with Crippen molar-refractivity contribution >= 4 is 21.7 Å². The SMILES string of the molecule is CNS(=O)(=O)Cc1cccc(C(C)C(=O)NCc2ccc(C(F)(F)F)nc2N2CCC(C)CC2)c1. The highest BCUT2D eigenvalue weighted by atomic mass is 32.2. The topological polar surface area (TPSA) is 91.4 Å². The monoisotopic (exact) mass is 512 g/mol. The van der Waals surface area contributed by atoms with Gasteiger partial charge < -0.3 is 10.2 Å². The van der Waals surface area contributed by atoms with Crippen LogP contribution in [0.3, 0.4) is 0 Å². The average molecular weight is 513 g/mol. The lowest BCUT2D eigenvalue weighted by molar-refractivity contribution is -0.141. The zero-order valence-electron chi connectivity index (χ0n) is 20.0. The van der Waals surface area contributed by atoms with E-state index in [0.717, 1.165) is 18.9 Å². The van der Waals surface area contributed by atoms with Crippen LogP contribution in [0.2, 0.25) is 0 Å². The first-order chi connectivity index (χ1) is 16.4. The highest BCUT2D eigenvalue weighted by Gasteiger charge is 2.34. The van der Waals surface area contributed by atoms with Gasteiger partial charge in [0.25, 0.3) is 0 Å². The summed E-state index contributed by atoms with van der Waals surface area (Å²) < 4.78 is 65.8. The summed E-state index contributed by atoms with van der Waals surface area (Å²) in [6, 6.07) is 9.07. The molecule has 0 spiro atoms. The smallest absolute Gasteiger partial charge is 0.356 e. The fraction of sp³-hybridized carbons (Fsp3) is 0.500. The van der Waals surface area contributed by atoms with Gasteiger partial charge in [-0.3, -0.25) is 4.79 Å². The van der Waals surface area contributed by atoms with Gasteiger partial charge in [-0.05, 0) is 49.9 Å². The molecule has 1 fully saturated rings. The maximum absolute atomic E-state index is 13.3. The molecule has 1 aliphatic heterocycles. The van der Waals surface area contributed by atoms with Crippen molar-refractivity contribution in [3.8, 4) is 0 Å². The van der Waals surface area contributed by atoms with Gasteiger partial charge >= 0.3 is 6.18 Å². The Morgan fingerprint density at radius 3 is 2.51 bits per heavy atom. The molecule has 192 valence electrons. The number of anilines is 1. The largest absolute Gasteiger partial charge is 0.433 e. The molecule has 11 heteroatoms. The first kappa shape index (κ1) is 26.9. The summed E-state index contributed by atoms with van der Waals surface area (Å²) in [5.41, 5.74) is 0.747. The highest BCUT2D eigenvalue weighted by Crippen LogP contribution is 2.32. The Bertz CT molecular complexity index is 1150. The normalized spacial score (nSPS) is 16.2. The lowest BCUT2D eigenvalue weighted by Gasteiger charge is -2.33. The van der Waals surface area contributed by atoms with E-state index in [1.807, 2.05) is 4.90 Å². The molecule has 0 radical (unpaired) electrons. The summed E-state index contributed by atoms with van der Waals surface area (Å²) in [5, 5.41) is 2.81. The van der Waals surface area contributed by atoms with Gasteiger partial charge in [0.15, 0.2) is 0 Å². The molecule has 2 N–H and O–H groups in total. The van der Waals surface area contributed by atoms with Crippen LogP contribution in [-0.2, 0) is 33.3 Å². The summed E-state index contributed by atoms with van der Waals surface area (Å²) in [7, 11) is -2.12. The second kappa shape index (κ2) is 10.9. The maximum atomic E-state index is 13.3. The quantitative estimate of drug-likeness (QED) is 0.562. The number of nitrogens with one attached hydrogen (secondary N) is 2. The third kappa shape index (κ3) is 7.17. The van der Waals surface area contributed by atoms with Crippen LogP contribution in [0.4, 0.5) is 19.0 Å². The van der Waals surface area contributed by atoms with Gasteiger partial charge in [0.05, 0.1) is 11.7 Å². The van der Waals surface area contributed by atoms with Crippen molar-refractivity contribution in [2.75, 3.05) is 25.0 Å². The molecular weight excluding hydrogens is 481 g/mol. The predicted molar refractivity (Wildman–Crippen MR) is 128 cm³/mol. The molecular formula is C24H31F3N4O3S. The standard InChI is InChI=1S/C24H31F3N4O3S/c1-16-9-11-31(12-10-16)22-20(7-8-21(30-22)24(25,26)27)14-29-23(32)17(2)19-6-4-5-18(13-19)15-35(33,34)28-3/h4-8,13,16-17,28H,9-12,14-15H2,1-3H3,(H,29,32). The number of halogens is 3. The molecule has 1 amide bonds. The van der Waals surface area contributed by atoms with Crippen molar-refractivity contribution in [3.05, 3.63) is 58.8 Å². The molecule has 0 saturated carbocycles. The number of hydrogen-bond donors (Lipinski definition) is 2. The lowest BCUT2D eigenvalue weighted by Crippen LogP contribution is -2.35. The van der Waals surface area contributed by atoms with E-state index in [2.05, 4.69) is 21.9 Å². The Hall–Kier alpha value is -2.66. The van der Waals surface area contributed by atoms with Crippen LogP contribution in [0.1, 0.15) is 55.0 Å². The number of rotatable bonds is 8. The second-order valence-corrected chi connectivity index (χ2v) is 10.9. The number of hydrogen-bond acceptors (Lipinski definition) is 5. The highest BCUT2D eigenvalue weighted by molar-refractivity contribution is 7.88. The molecule has 1 atom stereocenters. The Kier molecular flexibility index (Phi) is 8.42. The van der Waals surface area contributed by atoms with Crippen molar-refractivity contribution in [2.45, 2.75) is 51.1 Å². The fourth-order valence-electron chi connectivity index (χ4n) is 4.00. The average Bonchev–Trinajstić information content (AvgIpc) is 2.81. The first-order valence-electron chi connectivity index (χ1n) is 11.5. The van der Waals surface area contributed by atoms with Crippen LogP contribution in [0.25, 0.3) is 0 Å². The van der Waals surface area contributed by atoms with Crippen molar-refractivity contribution < 1.29 is 26.4 Å². The number of sulfonamides is 1. The molecule has 0 aliphatic carbocycles. The molecule has 1 aromatic heterocycles. The van der Waals surface area contributed by atoms with Crippen LogP contribution < -0.4 is 14.9 Å². The molecule has 2 aromatic rings. The van der Waals surface area contributed by atoms with Crippen molar-refractivity contribution in [1.82, 2.24) is 15.0 Å². The molecule has 1 aliphatic rings. The van der Waals surface area contributed by atoms with Crippen molar-refractivity contribution in [2.24, 2.45) is 5.92 Å². The zero-order chi connectivity index (χ0) is 25.8. The molecule has 3 rings (SSSR count). The molecule has 1 unspecified atom stereocenters. The summed E-state index contributed by atoms with van der Waals surface area (Å²) in [4.78, 5) is 18.6. The van der Waals surface area contributed by atoms with Gasteiger partial charge in [0.1, 0.15) is 11.5 Å². The van der Waals surface area contributed by atoms with E-state index in [9.17, 15) is 26.4 Å². The minimum atomic E-state index is -4.56. The van der Waals surface area contributed by atoms with Crippen LogP contribution in [0.15, 0.2) is 36.4 Å². The lowest BCUT2D eigenvalue weighted by atomic mass is 9.98. The number of nitrogens with zero attached hydrogens (tertiary/aromatic N) is 2. The van der Waals surface area contributed by atoms with Gasteiger partial charge in [0, 0.05) is 25.2 Å². The van der Waals surface area contributed by atoms with Gasteiger partial charge in [-0.2, -0.15) is 13.2 Å². The van der Waals surface area contributed by atoms with Crippen LogP contribution in [-0.4, -0.2) is 39.4 Å². The van der Waals surface area contributed by atoms with Gasteiger partial charge in [0.2, 0.25) is 15.9 Å². The number of aromatic nitrogens is 1. The van der Waals surface area contributed by atoms with Crippen LogP contribution in [0, 0.1) is 5.92 Å². The zero-order valence-corrected chi connectivity index (χ0v) is 20.8. The van der Waals surface area contributed by atoms with E-state index >= 15 is 0 Å². The van der Waals surface area contributed by atoms with E-state index in [-0.39, 0.29) is 24.0 Å². The van der Waals surface area contributed by atoms with E-state index in [1.54, 1.807) is 31.2 Å². The summed E-state index contributed by atoms with van der Waals surface area (Å²) in [6.45, 7) is 5.05. The molecule has 0 bridgehead atoms. The van der Waals surface area contributed by atoms with E-state index in [1.165, 1.54) is 13.1 Å². The van der Waals surface area contributed by atoms with Crippen LogP contribution in [0.5, 0.6) is 0 Å². The fourth-order valence-corrected chi connectivity index (χ4v) is 4.76. The van der Waals surface area contributed by atoms with Gasteiger partial charge in [-0.15, -0.1) is 0 Å². The minimum absolute atomic E-state index is 0.0313. The van der Waals surface area contributed by atoms with E-state index in [0.29, 0.717) is 35.7 Å². The Morgan fingerprint density at radius 2 is 1.89 bits per heavy atom. The van der Waals surface area contributed by atoms with Crippen LogP contribution >= 0.6 is 0 Å². The van der Waals surface area contributed by atoms with Gasteiger partial charge in [-0.1, -0.05) is 37.3 Å². The van der Waals surface area contributed by atoms with Crippen molar-refractivity contribution in [1.29, 1.82) is 0 Å². The maximum Gasteiger partial charge on any atom is 0.433 e. The predicted octanol–water partition coefficient (Wildman–Crippen LogP) is 3.81. The number of pyridine rings is 1. The molecule has 1 saturated heterocycles. The number of amides is 1. The third-order valence-corrected chi connectivity index (χ3v) is 7.63. The summed E-state index contributed by atoms with van der Waals surface area (Å²) in [5.74, 6) is -0.370. The summed E-state index contributed by atoms with van der Waals surface area (Å²) in [6.07, 6.45) is -2.83. The number of alkyl halides is 3. The Morgan fingerprint density at radius 1 is 1.20 bits per heavy atom. The van der Waals surface area contributed by atoms with Crippen molar-refractivity contribution in [3.63, 3.8) is 0 Å². The van der Waals surface area contributed by atoms with E-state index in [4.69, 9.17) is 0 Å². The summed E-state index contributed by atoms with van der Waals surface area (Å²) >= 11 is 0. The minimum Gasteiger partial charge on any atom is -0.356 e. The molecule has 1 aromatic carbocycles. The molecule has 2 heterocycles. The molecule has 35 heavy (non-hydrogen) atoms. The Balaban J connectivity index is 1.75. The van der Waals surface area contributed by atoms with E-state index < -0.39 is 27.8 Å². The molecule has 7 nitrogen and oxygen atoms in total.